The Morgan fingerprint density at radius 2 is 0.833 bits per heavy atom. The topological polar surface area (TPSA) is 195 Å². The van der Waals surface area contributed by atoms with Crippen molar-refractivity contribution in [3.8, 4) is 0 Å². The van der Waals surface area contributed by atoms with Gasteiger partial charge in [-0.3, -0.25) is 23.2 Å². The molecule has 0 heterocycles. The average molecular weight is 817 g/mol. The Balaban J connectivity index is 4.44. The van der Waals surface area contributed by atoms with Crippen LogP contribution in [0.25, 0.3) is 0 Å². The molecule has 0 aliphatic heterocycles. The molecule has 0 aliphatic carbocycles. The zero-order valence-electron chi connectivity index (χ0n) is 34.2. The number of esters is 2. The van der Waals surface area contributed by atoms with Crippen LogP contribution < -0.4 is 0 Å². The number of carbonyl (C=O) groups excluding carboxylic acids is 2. The van der Waals surface area contributed by atoms with Crippen molar-refractivity contribution in [3.63, 3.8) is 0 Å². The molecule has 0 aromatic heterocycles. The van der Waals surface area contributed by atoms with Gasteiger partial charge < -0.3 is 29.3 Å². The van der Waals surface area contributed by atoms with Crippen LogP contribution >= 0.6 is 15.6 Å². The lowest BCUT2D eigenvalue weighted by Gasteiger charge is -2.20. The fourth-order valence-electron chi connectivity index (χ4n) is 5.89. The van der Waals surface area contributed by atoms with E-state index in [1.54, 1.807) is 0 Å². The summed E-state index contributed by atoms with van der Waals surface area (Å²) in [5.74, 6) is 0.493. The Bertz CT molecular complexity index is 1010. The molecule has 4 N–H and O–H groups in total. The van der Waals surface area contributed by atoms with Crippen LogP contribution in [0.5, 0.6) is 0 Å². The Morgan fingerprint density at radius 3 is 1.24 bits per heavy atom. The fourth-order valence-corrected chi connectivity index (χ4v) is 7.05. The number of hydrogen-bond acceptors (Lipinski definition) is 10. The summed E-state index contributed by atoms with van der Waals surface area (Å²) < 4.78 is 47.6. The van der Waals surface area contributed by atoms with Gasteiger partial charge in [-0.1, -0.05) is 163 Å². The van der Waals surface area contributed by atoms with Crippen LogP contribution in [0.1, 0.15) is 188 Å². The Kier molecular flexibility index (Phi) is 33.6. The van der Waals surface area contributed by atoms with Gasteiger partial charge in [-0.05, 0) is 24.7 Å². The predicted molar refractivity (Wildman–Crippen MR) is 212 cm³/mol. The summed E-state index contributed by atoms with van der Waals surface area (Å²) in [6.45, 7) is 6.33. The molecule has 0 radical (unpaired) electrons. The highest BCUT2D eigenvalue weighted by Gasteiger charge is 2.28. The van der Waals surface area contributed by atoms with Crippen LogP contribution in [0.3, 0.4) is 0 Å². The predicted octanol–water partition coefficient (Wildman–Crippen LogP) is 10.1. The molecule has 13 nitrogen and oxygen atoms in total. The van der Waals surface area contributed by atoms with Crippen molar-refractivity contribution in [3.05, 3.63) is 0 Å². The molecule has 322 valence electrons. The summed E-state index contributed by atoms with van der Waals surface area (Å²) in [6, 6.07) is 0. The second-order valence-electron chi connectivity index (χ2n) is 15.6. The standard InChI is InChI=1S/C39H78O13P2/c1-34(2)26-22-18-14-12-10-8-6-5-7-9-11-13-15-21-25-29-39(42)52-37(32-48-38(41)28-24-20-17-16-19-23-27-35(3)4)33-51-54(46,47)50-31-36(40)30-49-53(43,44)45/h34-37,40H,5-33H2,1-4H3,(H,46,47)(H2,43,44,45)/t36-,37+/m0/s1. The average Bonchev–Trinajstić information content (AvgIpc) is 3.09. The molecule has 3 atom stereocenters. The second-order valence-corrected chi connectivity index (χ2v) is 18.3. The monoisotopic (exact) mass is 816 g/mol. The van der Waals surface area contributed by atoms with Crippen LogP contribution in [0.15, 0.2) is 0 Å². The maximum atomic E-state index is 12.6. The van der Waals surface area contributed by atoms with Gasteiger partial charge in [0.25, 0.3) is 0 Å². The van der Waals surface area contributed by atoms with Gasteiger partial charge in [0, 0.05) is 12.8 Å². The van der Waals surface area contributed by atoms with Gasteiger partial charge in [0.2, 0.25) is 0 Å². The van der Waals surface area contributed by atoms with Crippen molar-refractivity contribution in [2.24, 2.45) is 11.8 Å². The second kappa shape index (κ2) is 34.2. The molecule has 1 unspecified atom stereocenters. The molecular formula is C39H78O13P2. The molecule has 0 aromatic carbocycles. The van der Waals surface area contributed by atoms with Gasteiger partial charge in [0.15, 0.2) is 6.10 Å². The van der Waals surface area contributed by atoms with Crippen molar-refractivity contribution in [1.29, 1.82) is 0 Å². The highest BCUT2D eigenvalue weighted by molar-refractivity contribution is 7.47. The summed E-state index contributed by atoms with van der Waals surface area (Å²) in [4.78, 5) is 52.5. The summed E-state index contributed by atoms with van der Waals surface area (Å²) >= 11 is 0. The molecule has 0 spiro atoms. The zero-order chi connectivity index (χ0) is 40.5. The van der Waals surface area contributed by atoms with Crippen molar-refractivity contribution < 1.29 is 61.6 Å². The minimum absolute atomic E-state index is 0.137. The normalized spacial score (nSPS) is 14.3. The molecule has 0 fully saturated rings. The van der Waals surface area contributed by atoms with Gasteiger partial charge in [-0.25, -0.2) is 9.13 Å². The van der Waals surface area contributed by atoms with Crippen LogP contribution in [-0.4, -0.2) is 70.4 Å². The van der Waals surface area contributed by atoms with E-state index in [4.69, 9.17) is 23.8 Å². The molecule has 54 heavy (non-hydrogen) atoms. The van der Waals surface area contributed by atoms with E-state index in [0.29, 0.717) is 18.8 Å². The highest BCUT2D eigenvalue weighted by Crippen LogP contribution is 2.43. The first-order valence-electron chi connectivity index (χ1n) is 20.9. The molecule has 0 rings (SSSR count). The van der Waals surface area contributed by atoms with E-state index in [2.05, 4.69) is 36.7 Å². The minimum atomic E-state index is -4.85. The van der Waals surface area contributed by atoms with Gasteiger partial charge in [0.05, 0.1) is 19.8 Å². The number of phosphoric ester groups is 2. The molecule has 0 aliphatic rings. The van der Waals surface area contributed by atoms with Gasteiger partial charge in [0.1, 0.15) is 12.7 Å². The number of hydrogen-bond donors (Lipinski definition) is 4. The van der Waals surface area contributed by atoms with Gasteiger partial charge in [-0.15, -0.1) is 0 Å². The third kappa shape index (κ3) is 39.4. The van der Waals surface area contributed by atoms with Crippen LogP contribution in [0, 0.1) is 11.8 Å². The SMILES string of the molecule is CC(C)CCCCCCCCCCCCCCCCCC(=O)O[C@H](COC(=O)CCCCCCCCC(C)C)COP(=O)(O)OC[C@@H](O)COP(=O)(O)O. The van der Waals surface area contributed by atoms with E-state index in [0.717, 1.165) is 44.4 Å². The molecule has 0 amide bonds. The molecule has 0 saturated heterocycles. The van der Waals surface area contributed by atoms with E-state index < -0.39 is 59.6 Å². The van der Waals surface area contributed by atoms with Crippen LogP contribution in [0.2, 0.25) is 0 Å². The number of unbranched alkanes of at least 4 members (excludes halogenated alkanes) is 19. The lowest BCUT2D eigenvalue weighted by Crippen LogP contribution is -2.30. The first-order chi connectivity index (χ1) is 25.6. The molecular weight excluding hydrogens is 738 g/mol. The maximum absolute atomic E-state index is 12.6. The lowest BCUT2D eigenvalue weighted by atomic mass is 10.0. The number of rotatable bonds is 39. The van der Waals surface area contributed by atoms with Crippen LogP contribution in [-0.2, 0) is 41.8 Å². The Hall–Kier alpha value is -0.880. The highest BCUT2D eigenvalue weighted by atomic mass is 31.2. The van der Waals surface area contributed by atoms with Crippen molar-refractivity contribution in [2.45, 2.75) is 200 Å². The largest absolute Gasteiger partial charge is 0.472 e. The summed E-state index contributed by atoms with van der Waals surface area (Å²) in [6.07, 6.45) is 24.3. The maximum Gasteiger partial charge on any atom is 0.472 e. The summed E-state index contributed by atoms with van der Waals surface area (Å²) in [5, 5.41) is 9.72. The fraction of sp³-hybridized carbons (Fsp3) is 0.949. The first-order valence-corrected chi connectivity index (χ1v) is 24.0. The Morgan fingerprint density at radius 1 is 0.481 bits per heavy atom. The summed E-state index contributed by atoms with van der Waals surface area (Å²) in [7, 11) is -9.65. The number of aliphatic hydroxyl groups is 1. The van der Waals surface area contributed by atoms with Crippen molar-refractivity contribution in [1.82, 2.24) is 0 Å². The van der Waals surface area contributed by atoms with E-state index in [-0.39, 0.29) is 19.4 Å². The zero-order valence-corrected chi connectivity index (χ0v) is 36.0. The minimum Gasteiger partial charge on any atom is -0.462 e. The molecule has 0 bridgehead atoms. The van der Waals surface area contributed by atoms with Crippen molar-refractivity contribution in [2.75, 3.05) is 26.4 Å². The Labute approximate surface area is 327 Å². The quantitative estimate of drug-likeness (QED) is 0.0260. The molecule has 0 aromatic rings. The third-order valence-corrected chi connectivity index (χ3v) is 10.5. The van der Waals surface area contributed by atoms with Crippen molar-refractivity contribution >= 4 is 27.6 Å². The number of phosphoric acid groups is 2. The van der Waals surface area contributed by atoms with E-state index in [1.807, 2.05) is 0 Å². The first kappa shape index (κ1) is 53.1. The van der Waals surface area contributed by atoms with E-state index in [1.165, 1.54) is 96.3 Å². The van der Waals surface area contributed by atoms with E-state index in [9.17, 15) is 28.7 Å². The van der Waals surface area contributed by atoms with Gasteiger partial charge >= 0.3 is 27.6 Å². The van der Waals surface area contributed by atoms with Gasteiger partial charge in [-0.2, -0.15) is 0 Å². The number of aliphatic hydroxyl groups excluding tert-OH is 1. The lowest BCUT2D eigenvalue weighted by molar-refractivity contribution is -0.161. The molecule has 0 saturated carbocycles. The third-order valence-electron chi connectivity index (χ3n) is 9.09. The summed E-state index contributed by atoms with van der Waals surface area (Å²) in [5.41, 5.74) is 0. The molecule has 15 heteroatoms. The number of carbonyl (C=O) groups is 2. The smallest absolute Gasteiger partial charge is 0.462 e. The number of ether oxygens (including phenoxy) is 2. The van der Waals surface area contributed by atoms with Crippen LogP contribution in [0.4, 0.5) is 0 Å². The van der Waals surface area contributed by atoms with E-state index >= 15 is 0 Å².